The smallest absolute Gasteiger partial charge is 0.160 e. The van der Waals surface area contributed by atoms with Crippen LogP contribution in [-0.4, -0.2) is 19.9 Å². The molecule has 4 heteroatoms. The normalized spacial score (nSPS) is 11.2. The van der Waals surface area contributed by atoms with E-state index in [1.54, 1.807) is 0 Å². The molecule has 0 N–H and O–H groups in total. The molecule has 3 heterocycles. The summed E-state index contributed by atoms with van der Waals surface area (Å²) < 4.78 is 0. The van der Waals surface area contributed by atoms with Crippen molar-refractivity contribution in [2.45, 2.75) is 0 Å². The quantitative estimate of drug-likeness (QED) is 0.144. The van der Waals surface area contributed by atoms with E-state index in [1.807, 2.05) is 42.5 Å². The Hall–Kier alpha value is -8.34. The molecule has 0 saturated carbocycles. The average Bonchev–Trinajstić information content (AvgIpc) is 3.37. The molecule has 0 atom stereocenters. The molecule has 0 aliphatic carbocycles. The highest BCUT2D eigenvalue weighted by atomic mass is 14.9. The summed E-state index contributed by atoms with van der Waals surface area (Å²) in [5.74, 6) is 0.667. The second kappa shape index (κ2) is 16.0. The molecule has 0 aliphatic heterocycles. The van der Waals surface area contributed by atoms with Crippen LogP contribution >= 0.6 is 0 Å². The standard InChI is InChI=1S/C58H38N4/c1-5-15-39(16-6-1)46-23-13-25-48(35-46)51-37-53(43-27-29-45(30-28-43)58-61-54(41-19-9-3-10-20-41)38-55(62-58)42-21-11-4-12-22-42)60-57-50(51)33-31-44-32-34-52(59-56(44)57)49-26-14-24-47(36-49)40-17-7-2-8-18-40/h1-38H. The first-order valence-corrected chi connectivity index (χ1v) is 20.9. The lowest BCUT2D eigenvalue weighted by Gasteiger charge is -2.14. The van der Waals surface area contributed by atoms with Crippen molar-refractivity contribution >= 4 is 21.8 Å². The number of fused-ring (bicyclic) bond motifs is 3. The second-order valence-electron chi connectivity index (χ2n) is 15.5. The van der Waals surface area contributed by atoms with Crippen molar-refractivity contribution in [1.82, 2.24) is 19.9 Å². The van der Waals surface area contributed by atoms with Gasteiger partial charge in [-0.15, -0.1) is 0 Å². The third-order valence-electron chi connectivity index (χ3n) is 11.5. The van der Waals surface area contributed by atoms with E-state index < -0.39 is 0 Å². The van der Waals surface area contributed by atoms with Crippen molar-refractivity contribution in [2.75, 3.05) is 0 Å². The molecule has 62 heavy (non-hydrogen) atoms. The maximum atomic E-state index is 5.46. The van der Waals surface area contributed by atoms with Gasteiger partial charge in [0.1, 0.15) is 0 Å². The van der Waals surface area contributed by atoms with Gasteiger partial charge in [0, 0.05) is 38.6 Å². The third kappa shape index (κ3) is 7.20. The van der Waals surface area contributed by atoms with E-state index in [0.29, 0.717) is 5.82 Å². The zero-order valence-corrected chi connectivity index (χ0v) is 33.7. The Morgan fingerprint density at radius 1 is 0.226 bits per heavy atom. The molecular formula is C58H38N4. The van der Waals surface area contributed by atoms with Crippen LogP contribution in [0.2, 0.25) is 0 Å². The largest absolute Gasteiger partial charge is 0.245 e. The average molecular weight is 791 g/mol. The van der Waals surface area contributed by atoms with Crippen LogP contribution in [0.1, 0.15) is 0 Å². The highest BCUT2D eigenvalue weighted by molar-refractivity contribution is 6.10. The van der Waals surface area contributed by atoms with Crippen LogP contribution in [0.5, 0.6) is 0 Å². The van der Waals surface area contributed by atoms with Crippen LogP contribution in [0.4, 0.5) is 0 Å². The van der Waals surface area contributed by atoms with Crippen molar-refractivity contribution in [3.63, 3.8) is 0 Å². The fourth-order valence-electron chi connectivity index (χ4n) is 8.28. The fraction of sp³-hybridized carbons (Fsp3) is 0. The first-order valence-electron chi connectivity index (χ1n) is 20.9. The van der Waals surface area contributed by atoms with Gasteiger partial charge in [-0.2, -0.15) is 0 Å². The Bertz CT molecular complexity index is 3310. The molecule has 0 fully saturated rings. The minimum Gasteiger partial charge on any atom is -0.245 e. The fourth-order valence-corrected chi connectivity index (χ4v) is 8.28. The Kier molecular flexibility index (Phi) is 9.49. The molecule has 4 nitrogen and oxygen atoms in total. The minimum absolute atomic E-state index is 0.667. The maximum Gasteiger partial charge on any atom is 0.160 e. The first-order chi connectivity index (χ1) is 30.7. The van der Waals surface area contributed by atoms with Crippen LogP contribution in [0, 0.1) is 0 Å². The van der Waals surface area contributed by atoms with E-state index in [4.69, 9.17) is 19.9 Å². The lowest BCUT2D eigenvalue weighted by Crippen LogP contribution is -1.96. The highest BCUT2D eigenvalue weighted by Crippen LogP contribution is 2.38. The minimum atomic E-state index is 0.667. The summed E-state index contributed by atoms with van der Waals surface area (Å²) in [4.78, 5) is 21.0. The second-order valence-corrected chi connectivity index (χ2v) is 15.5. The van der Waals surface area contributed by atoms with E-state index in [2.05, 4.69) is 188 Å². The van der Waals surface area contributed by atoms with Gasteiger partial charge in [-0.3, -0.25) is 0 Å². The van der Waals surface area contributed by atoms with E-state index in [9.17, 15) is 0 Å². The van der Waals surface area contributed by atoms with Gasteiger partial charge in [0.2, 0.25) is 0 Å². The summed E-state index contributed by atoms with van der Waals surface area (Å²) in [5.41, 5.74) is 17.2. The molecular weight excluding hydrogens is 753 g/mol. The third-order valence-corrected chi connectivity index (χ3v) is 11.5. The number of benzene rings is 8. The summed E-state index contributed by atoms with van der Waals surface area (Å²) in [6, 6.07) is 80.4. The Morgan fingerprint density at radius 2 is 0.661 bits per heavy atom. The van der Waals surface area contributed by atoms with Gasteiger partial charge in [-0.1, -0.05) is 200 Å². The van der Waals surface area contributed by atoms with Gasteiger partial charge in [-0.25, -0.2) is 19.9 Å². The SMILES string of the molecule is c1ccc(-c2cccc(-c3ccc4ccc5c(-c6cccc(-c7ccccc7)c6)cc(-c6ccc(-c7nc(-c8ccccc8)cc(-c8ccccc8)n7)cc6)nc5c4n3)c2)cc1. The van der Waals surface area contributed by atoms with Gasteiger partial charge >= 0.3 is 0 Å². The summed E-state index contributed by atoms with van der Waals surface area (Å²) in [6.45, 7) is 0. The van der Waals surface area contributed by atoms with Gasteiger partial charge < -0.3 is 0 Å². The zero-order valence-electron chi connectivity index (χ0n) is 33.7. The molecule has 0 unspecified atom stereocenters. The zero-order chi connectivity index (χ0) is 41.2. The molecule has 0 bridgehead atoms. The summed E-state index contributed by atoms with van der Waals surface area (Å²) >= 11 is 0. The van der Waals surface area contributed by atoms with Crippen LogP contribution in [0.25, 0.3) is 112 Å². The molecule has 290 valence electrons. The van der Waals surface area contributed by atoms with E-state index in [1.165, 1.54) is 11.1 Å². The van der Waals surface area contributed by atoms with Crippen LogP contribution in [-0.2, 0) is 0 Å². The predicted molar refractivity (Wildman–Crippen MR) is 256 cm³/mol. The molecule has 3 aromatic heterocycles. The predicted octanol–water partition coefficient (Wildman–Crippen LogP) is 14.9. The molecule has 0 amide bonds. The van der Waals surface area contributed by atoms with Gasteiger partial charge in [0.05, 0.1) is 33.8 Å². The van der Waals surface area contributed by atoms with Crippen molar-refractivity contribution in [3.8, 4) is 89.8 Å². The molecule has 0 saturated heterocycles. The Morgan fingerprint density at radius 3 is 1.26 bits per heavy atom. The summed E-state index contributed by atoms with van der Waals surface area (Å²) in [5, 5.41) is 2.08. The topological polar surface area (TPSA) is 51.6 Å². The number of nitrogens with zero attached hydrogens (tertiary/aromatic N) is 4. The number of pyridine rings is 2. The molecule has 11 aromatic rings. The van der Waals surface area contributed by atoms with Crippen LogP contribution in [0.3, 0.4) is 0 Å². The number of aromatic nitrogens is 4. The molecule has 0 aliphatic rings. The van der Waals surface area contributed by atoms with Crippen LogP contribution in [0.15, 0.2) is 231 Å². The van der Waals surface area contributed by atoms with Crippen molar-refractivity contribution < 1.29 is 0 Å². The van der Waals surface area contributed by atoms with E-state index >= 15 is 0 Å². The van der Waals surface area contributed by atoms with Gasteiger partial charge in [0.15, 0.2) is 5.82 Å². The van der Waals surface area contributed by atoms with Crippen molar-refractivity contribution in [3.05, 3.63) is 231 Å². The van der Waals surface area contributed by atoms with Crippen LogP contribution < -0.4 is 0 Å². The molecule has 0 spiro atoms. The monoisotopic (exact) mass is 790 g/mol. The van der Waals surface area contributed by atoms with Gasteiger partial charge in [0.25, 0.3) is 0 Å². The van der Waals surface area contributed by atoms with Crippen molar-refractivity contribution in [1.29, 1.82) is 0 Å². The lowest BCUT2D eigenvalue weighted by atomic mass is 9.94. The van der Waals surface area contributed by atoms with Gasteiger partial charge in [-0.05, 0) is 63.7 Å². The number of rotatable bonds is 8. The number of hydrogen-bond donors (Lipinski definition) is 0. The highest BCUT2D eigenvalue weighted by Gasteiger charge is 2.16. The van der Waals surface area contributed by atoms with E-state index in [-0.39, 0.29) is 0 Å². The van der Waals surface area contributed by atoms with E-state index in [0.717, 1.165) is 94.7 Å². The Labute approximate surface area is 360 Å². The summed E-state index contributed by atoms with van der Waals surface area (Å²) in [6.07, 6.45) is 0. The number of hydrogen-bond acceptors (Lipinski definition) is 4. The Balaban J connectivity index is 1.06. The molecule has 0 radical (unpaired) electrons. The molecule has 11 rings (SSSR count). The lowest BCUT2D eigenvalue weighted by molar-refractivity contribution is 1.18. The maximum absolute atomic E-state index is 5.46. The van der Waals surface area contributed by atoms with Crippen molar-refractivity contribution in [2.24, 2.45) is 0 Å². The molecule has 8 aromatic carbocycles. The summed E-state index contributed by atoms with van der Waals surface area (Å²) in [7, 11) is 0. The first kappa shape index (κ1) is 36.7.